The molecule has 0 radical (unpaired) electrons. The Balaban J connectivity index is 3.23. The number of aromatic nitrogens is 1. The van der Waals surface area contributed by atoms with Gasteiger partial charge in [0.15, 0.2) is 0 Å². The number of carbonyl (C=O) groups is 1. The second kappa shape index (κ2) is 3.34. The number of hydrogen-bond acceptors (Lipinski definition) is 2. The van der Waals surface area contributed by atoms with Crippen molar-refractivity contribution in [3.05, 3.63) is 29.1 Å². The quantitative estimate of drug-likeness (QED) is 0.724. The van der Waals surface area contributed by atoms with E-state index >= 15 is 0 Å². The number of rotatable bonds is 2. The second-order valence-corrected chi connectivity index (χ2v) is 2.59. The summed E-state index contributed by atoms with van der Waals surface area (Å²) in [5.41, 5.74) is 1.98. The molecule has 0 amide bonds. The standard InChI is InChI=1S/C9H11NO2/c1-3-8-6(2)7(9(11)12)4-5-10-8/h4-5H,3H2,1-2H3,(H,11,12). The van der Waals surface area contributed by atoms with Crippen LogP contribution < -0.4 is 0 Å². The van der Waals surface area contributed by atoms with Crippen molar-refractivity contribution >= 4 is 5.97 Å². The van der Waals surface area contributed by atoms with Gasteiger partial charge in [-0.2, -0.15) is 0 Å². The fourth-order valence-electron chi connectivity index (χ4n) is 1.17. The Morgan fingerprint density at radius 2 is 2.33 bits per heavy atom. The molecule has 64 valence electrons. The lowest BCUT2D eigenvalue weighted by molar-refractivity contribution is 0.0696. The zero-order chi connectivity index (χ0) is 9.14. The molecule has 0 unspecified atom stereocenters. The summed E-state index contributed by atoms with van der Waals surface area (Å²) >= 11 is 0. The first kappa shape index (κ1) is 8.71. The molecule has 0 aliphatic heterocycles. The minimum absolute atomic E-state index is 0.349. The molecule has 0 saturated carbocycles. The fourth-order valence-corrected chi connectivity index (χ4v) is 1.17. The Kier molecular flexibility index (Phi) is 2.43. The van der Waals surface area contributed by atoms with Crippen molar-refractivity contribution in [2.45, 2.75) is 20.3 Å². The summed E-state index contributed by atoms with van der Waals surface area (Å²) in [5.74, 6) is -0.885. The molecule has 0 aromatic carbocycles. The van der Waals surface area contributed by atoms with E-state index in [2.05, 4.69) is 4.98 Å². The predicted molar refractivity (Wildman–Crippen MR) is 45.3 cm³/mol. The van der Waals surface area contributed by atoms with Gasteiger partial charge in [-0.3, -0.25) is 4.98 Å². The number of nitrogens with zero attached hydrogens (tertiary/aromatic N) is 1. The van der Waals surface area contributed by atoms with Crippen molar-refractivity contribution in [1.29, 1.82) is 0 Å². The van der Waals surface area contributed by atoms with E-state index in [0.717, 1.165) is 17.7 Å². The third-order valence-electron chi connectivity index (χ3n) is 1.87. The van der Waals surface area contributed by atoms with Gasteiger partial charge in [-0.15, -0.1) is 0 Å². The van der Waals surface area contributed by atoms with Crippen LogP contribution >= 0.6 is 0 Å². The lowest BCUT2D eigenvalue weighted by Gasteiger charge is -2.03. The van der Waals surface area contributed by atoms with Gasteiger partial charge in [0.2, 0.25) is 0 Å². The van der Waals surface area contributed by atoms with Crippen LogP contribution in [0.15, 0.2) is 12.3 Å². The van der Waals surface area contributed by atoms with Gasteiger partial charge in [-0.25, -0.2) is 4.79 Å². The van der Waals surface area contributed by atoms with E-state index in [9.17, 15) is 4.79 Å². The number of aryl methyl sites for hydroxylation is 1. The number of hydrogen-bond donors (Lipinski definition) is 1. The summed E-state index contributed by atoms with van der Waals surface area (Å²) in [6, 6.07) is 1.52. The van der Waals surface area contributed by atoms with E-state index in [1.165, 1.54) is 12.3 Å². The lowest BCUT2D eigenvalue weighted by atomic mass is 10.1. The zero-order valence-electron chi connectivity index (χ0n) is 7.16. The topological polar surface area (TPSA) is 50.2 Å². The van der Waals surface area contributed by atoms with Gasteiger partial charge in [0.1, 0.15) is 0 Å². The van der Waals surface area contributed by atoms with Crippen LogP contribution in [-0.2, 0) is 6.42 Å². The SMILES string of the molecule is CCc1nccc(C(=O)O)c1C. The molecule has 1 heterocycles. The first-order valence-electron chi connectivity index (χ1n) is 3.84. The highest BCUT2D eigenvalue weighted by atomic mass is 16.4. The maximum absolute atomic E-state index is 10.7. The monoisotopic (exact) mass is 165 g/mol. The van der Waals surface area contributed by atoms with Crippen LogP contribution in [0.2, 0.25) is 0 Å². The first-order chi connectivity index (χ1) is 5.66. The molecule has 12 heavy (non-hydrogen) atoms. The third kappa shape index (κ3) is 1.44. The molecular weight excluding hydrogens is 154 g/mol. The number of aromatic carboxylic acids is 1. The molecule has 0 bridgehead atoms. The Labute approximate surface area is 71.1 Å². The van der Waals surface area contributed by atoms with Gasteiger partial charge in [0.25, 0.3) is 0 Å². The summed E-state index contributed by atoms with van der Waals surface area (Å²) in [6.45, 7) is 3.75. The number of carboxylic acid groups (broad SMARTS) is 1. The average Bonchev–Trinajstić information content (AvgIpc) is 2.04. The summed E-state index contributed by atoms with van der Waals surface area (Å²) in [6.07, 6.45) is 2.31. The van der Waals surface area contributed by atoms with Crippen molar-refractivity contribution in [3.63, 3.8) is 0 Å². The van der Waals surface area contributed by atoms with E-state index in [1.807, 2.05) is 6.92 Å². The van der Waals surface area contributed by atoms with Gasteiger partial charge in [0, 0.05) is 11.9 Å². The van der Waals surface area contributed by atoms with E-state index < -0.39 is 5.97 Å². The van der Waals surface area contributed by atoms with Crippen LogP contribution in [0.1, 0.15) is 28.5 Å². The molecule has 0 aliphatic rings. The van der Waals surface area contributed by atoms with Crippen LogP contribution in [0.3, 0.4) is 0 Å². The highest BCUT2D eigenvalue weighted by Gasteiger charge is 2.09. The maximum atomic E-state index is 10.7. The van der Waals surface area contributed by atoms with Gasteiger partial charge >= 0.3 is 5.97 Å². The molecule has 1 N–H and O–H groups in total. The van der Waals surface area contributed by atoms with E-state index in [1.54, 1.807) is 6.92 Å². The van der Waals surface area contributed by atoms with E-state index in [4.69, 9.17) is 5.11 Å². The molecule has 1 rings (SSSR count). The van der Waals surface area contributed by atoms with Gasteiger partial charge < -0.3 is 5.11 Å². The third-order valence-corrected chi connectivity index (χ3v) is 1.87. The second-order valence-electron chi connectivity index (χ2n) is 2.59. The molecule has 3 heteroatoms. The molecule has 1 aromatic heterocycles. The van der Waals surface area contributed by atoms with Crippen molar-refractivity contribution in [2.24, 2.45) is 0 Å². The fraction of sp³-hybridized carbons (Fsp3) is 0.333. The van der Waals surface area contributed by atoms with E-state index in [0.29, 0.717) is 5.56 Å². The largest absolute Gasteiger partial charge is 0.478 e. The van der Waals surface area contributed by atoms with Crippen molar-refractivity contribution in [1.82, 2.24) is 4.98 Å². The smallest absolute Gasteiger partial charge is 0.336 e. The normalized spacial score (nSPS) is 9.83. The summed E-state index contributed by atoms with van der Waals surface area (Å²) in [7, 11) is 0. The summed E-state index contributed by atoms with van der Waals surface area (Å²) < 4.78 is 0. The van der Waals surface area contributed by atoms with Gasteiger partial charge in [-0.05, 0) is 25.0 Å². The molecule has 0 spiro atoms. The summed E-state index contributed by atoms with van der Waals surface area (Å²) in [5, 5.41) is 8.76. The molecule has 1 aromatic rings. The predicted octanol–water partition coefficient (Wildman–Crippen LogP) is 1.65. The van der Waals surface area contributed by atoms with Gasteiger partial charge in [-0.1, -0.05) is 6.92 Å². The molecule has 0 aliphatic carbocycles. The number of pyridine rings is 1. The van der Waals surface area contributed by atoms with Crippen molar-refractivity contribution in [2.75, 3.05) is 0 Å². The van der Waals surface area contributed by atoms with Crippen molar-refractivity contribution < 1.29 is 9.90 Å². The van der Waals surface area contributed by atoms with Crippen molar-refractivity contribution in [3.8, 4) is 0 Å². The Bertz CT molecular complexity index is 307. The maximum Gasteiger partial charge on any atom is 0.336 e. The Morgan fingerprint density at radius 1 is 1.67 bits per heavy atom. The van der Waals surface area contributed by atoms with Crippen LogP contribution in [0, 0.1) is 6.92 Å². The minimum atomic E-state index is -0.885. The number of carboxylic acids is 1. The van der Waals surface area contributed by atoms with Crippen LogP contribution in [0.5, 0.6) is 0 Å². The Hall–Kier alpha value is -1.38. The lowest BCUT2D eigenvalue weighted by Crippen LogP contribution is -2.03. The minimum Gasteiger partial charge on any atom is -0.478 e. The molecule has 3 nitrogen and oxygen atoms in total. The van der Waals surface area contributed by atoms with Crippen LogP contribution in [0.25, 0.3) is 0 Å². The highest BCUT2D eigenvalue weighted by Crippen LogP contribution is 2.11. The van der Waals surface area contributed by atoms with Gasteiger partial charge in [0.05, 0.1) is 5.56 Å². The highest BCUT2D eigenvalue weighted by molar-refractivity contribution is 5.89. The Morgan fingerprint density at radius 3 is 2.83 bits per heavy atom. The molecule has 0 saturated heterocycles. The van der Waals surface area contributed by atoms with E-state index in [-0.39, 0.29) is 0 Å². The first-order valence-corrected chi connectivity index (χ1v) is 3.84. The molecule has 0 atom stereocenters. The summed E-state index contributed by atoms with van der Waals surface area (Å²) in [4.78, 5) is 14.7. The molecular formula is C9H11NO2. The van der Waals surface area contributed by atoms with Crippen LogP contribution in [0.4, 0.5) is 0 Å². The molecule has 0 fully saturated rings. The average molecular weight is 165 g/mol. The van der Waals surface area contributed by atoms with Crippen LogP contribution in [-0.4, -0.2) is 16.1 Å². The zero-order valence-corrected chi connectivity index (χ0v) is 7.16.